The van der Waals surface area contributed by atoms with Crippen molar-refractivity contribution in [3.8, 4) is 0 Å². The lowest BCUT2D eigenvalue weighted by molar-refractivity contribution is -0.192. The van der Waals surface area contributed by atoms with E-state index < -0.39 is 17.6 Å². The second-order valence-electron chi connectivity index (χ2n) is 3.38. The van der Waals surface area contributed by atoms with Crippen LogP contribution in [0.2, 0.25) is 0 Å². The summed E-state index contributed by atoms with van der Waals surface area (Å²) in [5, 5.41) is 7.12. The molecule has 16 heavy (non-hydrogen) atoms. The fourth-order valence-electron chi connectivity index (χ4n) is 0.360. The number of halogens is 3. The first-order valence-corrected chi connectivity index (χ1v) is 4.07. The van der Waals surface area contributed by atoms with Gasteiger partial charge in [-0.3, -0.25) is 4.79 Å². The number of carbonyl (C=O) groups is 2. The molecule has 0 aliphatic rings. The van der Waals surface area contributed by atoms with Gasteiger partial charge in [-0.25, -0.2) is 4.79 Å². The molecule has 0 atom stereocenters. The zero-order valence-corrected chi connectivity index (χ0v) is 9.09. The van der Waals surface area contributed by atoms with Gasteiger partial charge < -0.3 is 15.6 Å². The first kappa shape index (κ1) is 17.1. The second kappa shape index (κ2) is 6.31. The molecule has 0 saturated carbocycles. The molecule has 0 bridgehead atoms. The van der Waals surface area contributed by atoms with Gasteiger partial charge in [-0.1, -0.05) is 0 Å². The Bertz CT molecular complexity index is 250. The number of aliphatic carboxylic acids is 1. The Hall–Kier alpha value is -1.31. The molecule has 3 N–H and O–H groups in total. The van der Waals surface area contributed by atoms with Gasteiger partial charge in [0.2, 0.25) is 0 Å². The van der Waals surface area contributed by atoms with Crippen molar-refractivity contribution in [3.05, 3.63) is 0 Å². The van der Waals surface area contributed by atoms with Crippen molar-refractivity contribution in [1.29, 1.82) is 0 Å². The van der Waals surface area contributed by atoms with E-state index in [1.807, 2.05) is 0 Å². The average molecular weight is 245 g/mol. The van der Waals surface area contributed by atoms with Crippen molar-refractivity contribution in [2.24, 2.45) is 11.1 Å². The molecule has 0 aliphatic carbocycles. The van der Waals surface area contributed by atoms with Gasteiger partial charge in [-0.2, -0.15) is 13.2 Å². The fraction of sp³-hybridized carbons (Fsp3) is 0.750. The quantitative estimate of drug-likeness (QED) is 0.701. The number of hydrogen-bond acceptors (Lipinski definition) is 4. The molecule has 0 aliphatic heterocycles. The minimum absolute atomic E-state index is 0.259. The SMILES string of the molecule is COC(=O)C(C)(C)CN.O=C(O)C(F)(F)F. The number of carbonyl (C=O) groups excluding carboxylic acids is 1. The Morgan fingerprint density at radius 2 is 1.62 bits per heavy atom. The lowest BCUT2D eigenvalue weighted by Gasteiger charge is -2.17. The number of carboxylic acids is 1. The molecular formula is C8H14F3NO4. The van der Waals surface area contributed by atoms with Crippen molar-refractivity contribution >= 4 is 11.9 Å². The van der Waals surface area contributed by atoms with Crippen LogP contribution in [0.25, 0.3) is 0 Å². The number of nitrogens with two attached hydrogens (primary N) is 1. The molecule has 5 nitrogen and oxygen atoms in total. The van der Waals surface area contributed by atoms with E-state index in [1.165, 1.54) is 7.11 Å². The zero-order chi connectivity index (χ0) is 13.6. The minimum Gasteiger partial charge on any atom is -0.475 e. The van der Waals surface area contributed by atoms with Crippen molar-refractivity contribution in [3.63, 3.8) is 0 Å². The monoisotopic (exact) mass is 245 g/mol. The highest BCUT2D eigenvalue weighted by molar-refractivity contribution is 5.75. The molecule has 0 saturated heterocycles. The summed E-state index contributed by atoms with van der Waals surface area (Å²) in [6.45, 7) is 3.82. The topological polar surface area (TPSA) is 89.6 Å². The number of hydrogen-bond donors (Lipinski definition) is 2. The largest absolute Gasteiger partial charge is 0.490 e. The van der Waals surface area contributed by atoms with Gasteiger partial charge in [-0.05, 0) is 13.8 Å². The third-order valence-corrected chi connectivity index (χ3v) is 1.49. The van der Waals surface area contributed by atoms with E-state index in [0.717, 1.165) is 0 Å². The first-order chi connectivity index (χ1) is 6.99. The Balaban J connectivity index is 0. The van der Waals surface area contributed by atoms with Gasteiger partial charge in [0.05, 0.1) is 12.5 Å². The Morgan fingerprint density at radius 3 is 1.69 bits per heavy atom. The Kier molecular flexibility index (Phi) is 6.74. The van der Waals surface area contributed by atoms with Gasteiger partial charge in [0, 0.05) is 6.54 Å². The molecule has 0 aromatic carbocycles. The summed E-state index contributed by atoms with van der Waals surface area (Å²) in [5.74, 6) is -3.02. The van der Waals surface area contributed by atoms with E-state index in [4.69, 9.17) is 15.6 Å². The van der Waals surface area contributed by atoms with Crippen molar-refractivity contribution in [2.45, 2.75) is 20.0 Å². The molecule has 0 spiro atoms. The van der Waals surface area contributed by atoms with E-state index in [0.29, 0.717) is 6.54 Å². The van der Waals surface area contributed by atoms with Crippen molar-refractivity contribution < 1.29 is 32.6 Å². The van der Waals surface area contributed by atoms with Crippen molar-refractivity contribution in [2.75, 3.05) is 13.7 Å². The van der Waals surface area contributed by atoms with Gasteiger partial charge in [0.15, 0.2) is 0 Å². The van der Waals surface area contributed by atoms with E-state index in [9.17, 15) is 18.0 Å². The van der Waals surface area contributed by atoms with Crippen LogP contribution in [0.15, 0.2) is 0 Å². The van der Waals surface area contributed by atoms with E-state index >= 15 is 0 Å². The molecule has 0 rings (SSSR count). The van der Waals surface area contributed by atoms with Gasteiger partial charge >= 0.3 is 18.1 Å². The van der Waals surface area contributed by atoms with Crippen LogP contribution in [0.3, 0.4) is 0 Å². The number of carboxylic acid groups (broad SMARTS) is 1. The molecule has 96 valence electrons. The van der Waals surface area contributed by atoms with Gasteiger partial charge in [0.1, 0.15) is 0 Å². The molecule has 0 unspecified atom stereocenters. The van der Waals surface area contributed by atoms with Gasteiger partial charge in [0.25, 0.3) is 0 Å². The van der Waals surface area contributed by atoms with Crippen LogP contribution in [0.5, 0.6) is 0 Å². The lowest BCUT2D eigenvalue weighted by atomic mass is 9.94. The smallest absolute Gasteiger partial charge is 0.475 e. The average Bonchev–Trinajstić information content (AvgIpc) is 2.16. The third-order valence-electron chi connectivity index (χ3n) is 1.49. The molecule has 0 aromatic rings. The van der Waals surface area contributed by atoms with Crippen LogP contribution < -0.4 is 5.73 Å². The summed E-state index contributed by atoms with van der Waals surface area (Å²) in [6.07, 6.45) is -5.08. The molecule has 0 fully saturated rings. The molecule has 0 radical (unpaired) electrons. The van der Waals surface area contributed by atoms with Crippen LogP contribution in [-0.4, -0.2) is 36.9 Å². The maximum Gasteiger partial charge on any atom is 0.490 e. The van der Waals surface area contributed by atoms with E-state index in [-0.39, 0.29) is 5.97 Å². The summed E-state index contributed by atoms with van der Waals surface area (Å²) >= 11 is 0. The highest BCUT2D eigenvalue weighted by atomic mass is 19.4. The number of alkyl halides is 3. The third kappa shape index (κ3) is 7.04. The van der Waals surface area contributed by atoms with E-state index in [2.05, 4.69) is 4.74 Å². The summed E-state index contributed by atoms with van der Waals surface area (Å²) in [7, 11) is 1.36. The predicted octanol–water partition coefficient (Wildman–Crippen LogP) is 0.778. The van der Waals surface area contributed by atoms with Crippen LogP contribution in [0.4, 0.5) is 13.2 Å². The molecule has 0 amide bonds. The molecule has 0 aromatic heterocycles. The van der Waals surface area contributed by atoms with Gasteiger partial charge in [-0.15, -0.1) is 0 Å². The van der Waals surface area contributed by atoms with Crippen LogP contribution in [0.1, 0.15) is 13.8 Å². The second-order valence-corrected chi connectivity index (χ2v) is 3.38. The summed E-state index contributed by atoms with van der Waals surface area (Å²) in [5.41, 5.74) is 4.75. The minimum atomic E-state index is -5.08. The summed E-state index contributed by atoms with van der Waals surface area (Å²) < 4.78 is 36.2. The number of esters is 1. The van der Waals surface area contributed by atoms with Crippen LogP contribution >= 0.6 is 0 Å². The maximum absolute atomic E-state index is 10.8. The van der Waals surface area contributed by atoms with E-state index in [1.54, 1.807) is 13.8 Å². The standard InChI is InChI=1S/C6H13NO2.C2HF3O2/c1-6(2,4-7)5(8)9-3;3-2(4,5)1(6)7/h4,7H2,1-3H3;(H,6,7). The Labute approximate surface area is 90.4 Å². The number of ether oxygens (including phenoxy) is 1. The maximum atomic E-state index is 10.8. The highest BCUT2D eigenvalue weighted by Crippen LogP contribution is 2.13. The van der Waals surface area contributed by atoms with Crippen LogP contribution in [-0.2, 0) is 14.3 Å². The fourth-order valence-corrected chi connectivity index (χ4v) is 0.360. The number of methoxy groups -OCH3 is 1. The van der Waals surface area contributed by atoms with Crippen molar-refractivity contribution in [1.82, 2.24) is 0 Å². The summed E-state index contributed by atoms with van der Waals surface area (Å²) in [6, 6.07) is 0. The summed E-state index contributed by atoms with van der Waals surface area (Å²) in [4.78, 5) is 19.7. The molecule has 8 heteroatoms. The van der Waals surface area contributed by atoms with Crippen LogP contribution in [0, 0.1) is 5.41 Å². The molecule has 0 heterocycles. The zero-order valence-electron chi connectivity index (χ0n) is 9.09. The highest BCUT2D eigenvalue weighted by Gasteiger charge is 2.38. The first-order valence-electron chi connectivity index (χ1n) is 4.07. The predicted molar refractivity (Wildman–Crippen MR) is 48.5 cm³/mol. The molecular weight excluding hydrogens is 231 g/mol. The normalized spacial score (nSPS) is 11.2. The Morgan fingerprint density at radius 1 is 1.31 bits per heavy atom. The lowest BCUT2D eigenvalue weighted by Crippen LogP contribution is -2.33. The number of rotatable bonds is 2.